The predicted molar refractivity (Wildman–Crippen MR) is 74.5 cm³/mol. The standard InChI is InChI=1S/C15H20N2O/c1-15(2,18-3)11-17-9-12-4-5-14-10-16-7-6-13(14)8-12/h4-8,10,17H,9,11H2,1-3H3. The zero-order valence-electron chi connectivity index (χ0n) is 11.2. The van der Waals surface area contributed by atoms with Crippen LogP contribution in [0.4, 0.5) is 0 Å². The molecule has 0 saturated carbocycles. The maximum absolute atomic E-state index is 5.38. The molecule has 3 nitrogen and oxygen atoms in total. The van der Waals surface area contributed by atoms with E-state index in [1.165, 1.54) is 16.3 Å². The van der Waals surface area contributed by atoms with E-state index in [2.05, 4.69) is 42.3 Å². The van der Waals surface area contributed by atoms with E-state index in [-0.39, 0.29) is 5.60 Å². The van der Waals surface area contributed by atoms with Crippen LogP contribution < -0.4 is 5.32 Å². The van der Waals surface area contributed by atoms with Crippen LogP contribution in [0.3, 0.4) is 0 Å². The first kappa shape index (κ1) is 13.0. The highest BCUT2D eigenvalue weighted by atomic mass is 16.5. The van der Waals surface area contributed by atoms with Gasteiger partial charge >= 0.3 is 0 Å². The largest absolute Gasteiger partial charge is 0.377 e. The highest BCUT2D eigenvalue weighted by Crippen LogP contribution is 2.14. The van der Waals surface area contributed by atoms with Crippen molar-refractivity contribution < 1.29 is 4.74 Å². The summed E-state index contributed by atoms with van der Waals surface area (Å²) in [6.45, 7) is 5.83. The molecule has 0 aliphatic rings. The molecule has 0 bridgehead atoms. The van der Waals surface area contributed by atoms with Crippen LogP contribution in [-0.4, -0.2) is 24.2 Å². The number of aromatic nitrogens is 1. The molecule has 1 aromatic carbocycles. The van der Waals surface area contributed by atoms with Crippen molar-refractivity contribution in [2.24, 2.45) is 0 Å². The van der Waals surface area contributed by atoms with E-state index in [0.717, 1.165) is 13.1 Å². The number of nitrogens with one attached hydrogen (secondary N) is 1. The lowest BCUT2D eigenvalue weighted by Gasteiger charge is -2.23. The van der Waals surface area contributed by atoms with E-state index in [1.54, 1.807) is 7.11 Å². The summed E-state index contributed by atoms with van der Waals surface area (Å²) < 4.78 is 5.38. The van der Waals surface area contributed by atoms with Crippen molar-refractivity contribution >= 4 is 10.8 Å². The molecule has 3 heteroatoms. The first-order chi connectivity index (χ1) is 8.61. The molecular weight excluding hydrogens is 224 g/mol. The number of nitrogens with zero attached hydrogens (tertiary/aromatic N) is 1. The third kappa shape index (κ3) is 3.28. The van der Waals surface area contributed by atoms with Crippen molar-refractivity contribution in [1.82, 2.24) is 10.3 Å². The molecule has 0 amide bonds. The lowest BCUT2D eigenvalue weighted by molar-refractivity contribution is 0.0231. The molecule has 0 unspecified atom stereocenters. The summed E-state index contributed by atoms with van der Waals surface area (Å²) >= 11 is 0. The topological polar surface area (TPSA) is 34.1 Å². The fraction of sp³-hybridized carbons (Fsp3) is 0.400. The number of ether oxygens (including phenoxy) is 1. The minimum atomic E-state index is -0.124. The van der Waals surface area contributed by atoms with Crippen LogP contribution >= 0.6 is 0 Å². The number of rotatable bonds is 5. The maximum Gasteiger partial charge on any atom is 0.0746 e. The second-order valence-electron chi connectivity index (χ2n) is 5.12. The summed E-state index contributed by atoms with van der Waals surface area (Å²) in [4.78, 5) is 4.12. The van der Waals surface area contributed by atoms with Gasteiger partial charge < -0.3 is 10.1 Å². The van der Waals surface area contributed by atoms with Gasteiger partial charge in [-0.3, -0.25) is 4.98 Å². The van der Waals surface area contributed by atoms with Gasteiger partial charge in [0.1, 0.15) is 0 Å². The lowest BCUT2D eigenvalue weighted by Crippen LogP contribution is -2.36. The quantitative estimate of drug-likeness (QED) is 0.878. The van der Waals surface area contributed by atoms with E-state index >= 15 is 0 Å². The zero-order valence-corrected chi connectivity index (χ0v) is 11.2. The SMILES string of the molecule is COC(C)(C)CNCc1ccc2cnccc2c1. The van der Waals surface area contributed by atoms with E-state index in [4.69, 9.17) is 4.74 Å². The third-order valence-electron chi connectivity index (χ3n) is 3.14. The van der Waals surface area contributed by atoms with Crippen LogP contribution in [0.25, 0.3) is 10.8 Å². The highest BCUT2D eigenvalue weighted by molar-refractivity contribution is 5.81. The normalized spacial score (nSPS) is 11.9. The molecule has 18 heavy (non-hydrogen) atoms. The number of pyridine rings is 1. The van der Waals surface area contributed by atoms with Gasteiger partial charge in [-0.1, -0.05) is 12.1 Å². The predicted octanol–water partition coefficient (Wildman–Crippen LogP) is 2.75. The van der Waals surface area contributed by atoms with Crippen LogP contribution in [0.1, 0.15) is 19.4 Å². The molecule has 1 heterocycles. The van der Waals surface area contributed by atoms with Crippen molar-refractivity contribution in [3.8, 4) is 0 Å². The maximum atomic E-state index is 5.38. The average Bonchev–Trinajstić information content (AvgIpc) is 2.38. The fourth-order valence-electron chi connectivity index (χ4n) is 1.82. The molecule has 0 atom stereocenters. The lowest BCUT2D eigenvalue weighted by atomic mass is 10.1. The molecule has 0 aliphatic heterocycles. The second-order valence-corrected chi connectivity index (χ2v) is 5.12. The van der Waals surface area contributed by atoms with Gasteiger partial charge in [0.25, 0.3) is 0 Å². The molecule has 1 N–H and O–H groups in total. The summed E-state index contributed by atoms with van der Waals surface area (Å²) in [6, 6.07) is 8.49. The van der Waals surface area contributed by atoms with Gasteiger partial charge in [0, 0.05) is 38.0 Å². The molecule has 2 aromatic rings. The molecule has 96 valence electrons. The Morgan fingerprint density at radius 1 is 1.22 bits per heavy atom. The van der Waals surface area contributed by atoms with E-state index < -0.39 is 0 Å². The number of fused-ring (bicyclic) bond motifs is 1. The van der Waals surface area contributed by atoms with Gasteiger partial charge in [-0.05, 0) is 36.9 Å². The molecule has 0 fully saturated rings. The Kier molecular flexibility index (Phi) is 3.94. The summed E-state index contributed by atoms with van der Waals surface area (Å²) in [7, 11) is 1.74. The van der Waals surface area contributed by atoms with Gasteiger partial charge in [0.05, 0.1) is 5.60 Å². The van der Waals surface area contributed by atoms with E-state index in [9.17, 15) is 0 Å². The van der Waals surface area contributed by atoms with Crippen LogP contribution in [-0.2, 0) is 11.3 Å². The van der Waals surface area contributed by atoms with Gasteiger partial charge in [0.15, 0.2) is 0 Å². The average molecular weight is 244 g/mol. The molecule has 1 aromatic heterocycles. The van der Waals surface area contributed by atoms with E-state index in [1.807, 2.05) is 18.5 Å². The fourth-order valence-corrected chi connectivity index (χ4v) is 1.82. The summed E-state index contributed by atoms with van der Waals surface area (Å²) in [5, 5.41) is 5.83. The smallest absolute Gasteiger partial charge is 0.0746 e. The van der Waals surface area contributed by atoms with Crippen molar-refractivity contribution in [3.63, 3.8) is 0 Å². The van der Waals surface area contributed by atoms with Gasteiger partial charge in [0.2, 0.25) is 0 Å². The molecule has 0 aliphatic carbocycles. The van der Waals surface area contributed by atoms with Crippen molar-refractivity contribution in [2.75, 3.05) is 13.7 Å². The Morgan fingerprint density at radius 2 is 2.06 bits per heavy atom. The van der Waals surface area contributed by atoms with Crippen LogP contribution in [0.15, 0.2) is 36.7 Å². The van der Waals surface area contributed by atoms with Crippen molar-refractivity contribution in [3.05, 3.63) is 42.2 Å². The molecule has 0 radical (unpaired) electrons. The molecule has 0 saturated heterocycles. The number of benzene rings is 1. The van der Waals surface area contributed by atoms with E-state index in [0.29, 0.717) is 0 Å². The third-order valence-corrected chi connectivity index (χ3v) is 3.14. The Bertz CT molecular complexity index is 523. The number of hydrogen-bond acceptors (Lipinski definition) is 3. The number of hydrogen-bond donors (Lipinski definition) is 1. The summed E-state index contributed by atoms with van der Waals surface area (Å²) in [6.07, 6.45) is 3.72. The molecule has 2 rings (SSSR count). The Morgan fingerprint density at radius 3 is 2.83 bits per heavy atom. The van der Waals surface area contributed by atoms with Crippen molar-refractivity contribution in [2.45, 2.75) is 26.0 Å². The first-order valence-corrected chi connectivity index (χ1v) is 6.19. The van der Waals surface area contributed by atoms with Crippen LogP contribution in [0, 0.1) is 0 Å². The van der Waals surface area contributed by atoms with Gasteiger partial charge in [-0.15, -0.1) is 0 Å². The summed E-state index contributed by atoms with van der Waals surface area (Å²) in [5.41, 5.74) is 1.15. The summed E-state index contributed by atoms with van der Waals surface area (Å²) in [5.74, 6) is 0. The minimum Gasteiger partial charge on any atom is -0.377 e. The first-order valence-electron chi connectivity index (χ1n) is 6.19. The highest BCUT2D eigenvalue weighted by Gasteiger charge is 2.14. The Balaban J connectivity index is 2.00. The Hall–Kier alpha value is -1.45. The molecular formula is C15H20N2O. The van der Waals surface area contributed by atoms with Crippen molar-refractivity contribution in [1.29, 1.82) is 0 Å². The number of methoxy groups -OCH3 is 1. The van der Waals surface area contributed by atoms with Crippen LogP contribution in [0.5, 0.6) is 0 Å². The Labute approximate surface area is 108 Å². The van der Waals surface area contributed by atoms with Gasteiger partial charge in [-0.25, -0.2) is 0 Å². The monoisotopic (exact) mass is 244 g/mol. The minimum absolute atomic E-state index is 0.124. The van der Waals surface area contributed by atoms with Crippen LogP contribution in [0.2, 0.25) is 0 Å². The second kappa shape index (κ2) is 5.46. The zero-order chi connectivity index (χ0) is 13.0. The molecule has 0 spiro atoms. The van der Waals surface area contributed by atoms with Gasteiger partial charge in [-0.2, -0.15) is 0 Å².